The number of rotatable bonds is 8. The normalized spacial score (nSPS) is 14.8. The van der Waals surface area contributed by atoms with Gasteiger partial charge in [0.1, 0.15) is 29.3 Å². The van der Waals surface area contributed by atoms with E-state index in [2.05, 4.69) is 10.4 Å². The zero-order valence-electron chi connectivity index (χ0n) is 26.1. The monoisotopic (exact) mass is 608 g/mol. The number of fused-ring (bicyclic) bond motifs is 1. The van der Waals surface area contributed by atoms with Gasteiger partial charge in [-0.05, 0) is 63.5 Å². The number of amides is 2. The van der Waals surface area contributed by atoms with Crippen molar-refractivity contribution in [2.45, 2.75) is 90.7 Å². The van der Waals surface area contributed by atoms with Crippen molar-refractivity contribution in [1.82, 2.24) is 15.1 Å². The van der Waals surface area contributed by atoms with Gasteiger partial charge in [0.15, 0.2) is 8.32 Å². The number of nitrogens with one attached hydrogen (secondary N) is 1. The van der Waals surface area contributed by atoms with E-state index in [-0.39, 0.29) is 23.9 Å². The van der Waals surface area contributed by atoms with Crippen molar-refractivity contribution in [3.8, 4) is 0 Å². The van der Waals surface area contributed by atoms with Crippen molar-refractivity contribution in [3.63, 3.8) is 0 Å². The van der Waals surface area contributed by atoms with Crippen molar-refractivity contribution in [1.29, 1.82) is 0 Å². The third-order valence-corrected chi connectivity index (χ3v) is 12.0. The summed E-state index contributed by atoms with van der Waals surface area (Å²) in [5.41, 5.74) is -1.08. The molecule has 0 aliphatic carbocycles. The van der Waals surface area contributed by atoms with E-state index < -0.39 is 61.7 Å². The van der Waals surface area contributed by atoms with Gasteiger partial charge < -0.3 is 19.2 Å². The summed E-state index contributed by atoms with van der Waals surface area (Å²) in [5.74, 6) is -5.04. The summed E-state index contributed by atoms with van der Waals surface area (Å²) in [4.78, 5) is 39.8. The predicted molar refractivity (Wildman–Crippen MR) is 157 cm³/mol. The molecule has 232 valence electrons. The lowest BCUT2D eigenvalue weighted by atomic mass is 10.0. The van der Waals surface area contributed by atoms with Gasteiger partial charge in [-0.2, -0.15) is 13.9 Å². The second-order valence-corrected chi connectivity index (χ2v) is 17.8. The van der Waals surface area contributed by atoms with Crippen LogP contribution in [-0.2, 0) is 26.4 Å². The lowest BCUT2D eigenvalue weighted by Gasteiger charge is -2.37. The van der Waals surface area contributed by atoms with Crippen LogP contribution >= 0.6 is 0 Å². The SMILES string of the molecule is COC(=O)c1ccc([C@H](C)NC(=O)c2c(C(F)(F)CO[Si](C)(C)C(C)(C)C)nn3c2N(C(=O)OC(C)(C)C)CC3)cc1. The Morgan fingerprint density at radius 2 is 1.64 bits per heavy atom. The molecule has 3 rings (SSSR count). The minimum Gasteiger partial charge on any atom is -0.465 e. The van der Waals surface area contributed by atoms with Crippen LogP contribution in [0, 0.1) is 0 Å². The molecule has 0 spiro atoms. The number of carbonyl (C=O) groups excluding carboxylic acids is 3. The Balaban J connectivity index is 2.01. The highest BCUT2D eigenvalue weighted by atomic mass is 28.4. The van der Waals surface area contributed by atoms with Gasteiger partial charge in [0.25, 0.3) is 5.91 Å². The van der Waals surface area contributed by atoms with Crippen molar-refractivity contribution in [2.24, 2.45) is 0 Å². The van der Waals surface area contributed by atoms with Gasteiger partial charge in [0, 0.05) is 0 Å². The summed E-state index contributed by atoms with van der Waals surface area (Å²) < 4.78 is 49.2. The van der Waals surface area contributed by atoms with Crippen LogP contribution in [0.3, 0.4) is 0 Å². The quantitative estimate of drug-likeness (QED) is 0.288. The van der Waals surface area contributed by atoms with Gasteiger partial charge in [0.2, 0.25) is 0 Å². The predicted octanol–water partition coefficient (Wildman–Crippen LogP) is 6.03. The Labute approximate surface area is 246 Å². The van der Waals surface area contributed by atoms with Crippen LogP contribution in [0.25, 0.3) is 0 Å². The maximum atomic E-state index is 15.9. The fourth-order valence-electron chi connectivity index (χ4n) is 4.08. The first-order chi connectivity index (χ1) is 19.2. The number of halogens is 2. The molecule has 13 heteroatoms. The molecule has 2 aromatic rings. The van der Waals surface area contributed by atoms with Gasteiger partial charge >= 0.3 is 18.0 Å². The number of aromatic nitrogens is 2. The van der Waals surface area contributed by atoms with E-state index in [4.69, 9.17) is 13.9 Å². The molecule has 0 saturated carbocycles. The van der Waals surface area contributed by atoms with Gasteiger partial charge in [-0.25, -0.2) is 14.3 Å². The highest BCUT2D eigenvalue weighted by Gasteiger charge is 2.48. The van der Waals surface area contributed by atoms with Crippen LogP contribution in [0.5, 0.6) is 0 Å². The highest BCUT2D eigenvalue weighted by Crippen LogP contribution is 2.41. The summed E-state index contributed by atoms with van der Waals surface area (Å²) in [6.45, 7) is 15.6. The zero-order valence-corrected chi connectivity index (χ0v) is 27.1. The van der Waals surface area contributed by atoms with E-state index in [9.17, 15) is 14.4 Å². The smallest absolute Gasteiger partial charge is 0.416 e. The van der Waals surface area contributed by atoms with Gasteiger partial charge in [-0.15, -0.1) is 0 Å². The molecule has 0 unspecified atom stereocenters. The summed E-state index contributed by atoms with van der Waals surface area (Å²) in [7, 11) is -1.30. The molecule has 1 N–H and O–H groups in total. The van der Waals surface area contributed by atoms with Crippen molar-refractivity contribution >= 4 is 32.1 Å². The molecule has 1 atom stereocenters. The molecule has 0 bridgehead atoms. The number of ether oxygens (including phenoxy) is 2. The molecule has 1 aromatic carbocycles. The molecule has 2 amide bonds. The average molecular weight is 609 g/mol. The number of alkyl halides is 2. The Hall–Kier alpha value is -3.32. The van der Waals surface area contributed by atoms with Crippen LogP contribution in [0.1, 0.15) is 86.5 Å². The van der Waals surface area contributed by atoms with Crippen LogP contribution in [0.15, 0.2) is 24.3 Å². The molecule has 1 aliphatic rings. The van der Waals surface area contributed by atoms with Crippen LogP contribution in [0.2, 0.25) is 18.1 Å². The molecule has 0 fully saturated rings. The number of anilines is 1. The summed E-state index contributed by atoms with van der Waals surface area (Å²) in [6, 6.07) is 5.72. The molecule has 42 heavy (non-hydrogen) atoms. The lowest BCUT2D eigenvalue weighted by molar-refractivity contribution is -0.0554. The third kappa shape index (κ3) is 7.17. The molecule has 2 heterocycles. The topological polar surface area (TPSA) is 112 Å². The Morgan fingerprint density at radius 3 is 2.17 bits per heavy atom. The maximum Gasteiger partial charge on any atom is 0.416 e. The molecule has 0 saturated heterocycles. The van der Waals surface area contributed by atoms with Crippen LogP contribution < -0.4 is 10.2 Å². The summed E-state index contributed by atoms with van der Waals surface area (Å²) in [6.07, 6.45) is -0.769. The minimum absolute atomic E-state index is 0.0583. The summed E-state index contributed by atoms with van der Waals surface area (Å²) in [5, 5.41) is 6.58. The number of methoxy groups -OCH3 is 1. The first-order valence-electron chi connectivity index (χ1n) is 13.8. The van der Waals surface area contributed by atoms with Crippen LogP contribution in [0.4, 0.5) is 19.4 Å². The van der Waals surface area contributed by atoms with E-state index in [1.807, 2.05) is 33.9 Å². The average Bonchev–Trinajstić information content (AvgIpc) is 3.45. The molecule has 1 aliphatic heterocycles. The number of benzene rings is 1. The lowest BCUT2D eigenvalue weighted by Crippen LogP contribution is -2.44. The standard InChI is InChI=1S/C29H42F2N4O6Si/c1-18(19-11-13-20(14-12-19)25(37)39-8)32-23(36)21-22(29(30,31)17-40-42(9,10)28(5,6)7)33-35-16-15-34(24(21)35)26(38)41-27(2,3)4/h11-14,18H,15-17H2,1-10H3,(H,32,36)/t18-/m0/s1. The van der Waals surface area contributed by atoms with Crippen molar-refractivity contribution < 1.29 is 37.1 Å². The number of hydrogen-bond acceptors (Lipinski definition) is 7. The molecular weight excluding hydrogens is 566 g/mol. The first-order valence-corrected chi connectivity index (χ1v) is 16.7. The second kappa shape index (κ2) is 11.7. The third-order valence-electron chi connectivity index (χ3n) is 7.50. The number of carbonyl (C=O) groups is 3. The fourth-order valence-corrected chi connectivity index (χ4v) is 5.05. The van der Waals surface area contributed by atoms with Crippen molar-refractivity contribution in [3.05, 3.63) is 46.6 Å². The van der Waals surface area contributed by atoms with E-state index >= 15 is 8.78 Å². The number of esters is 1. The molecule has 1 aromatic heterocycles. The first kappa shape index (κ1) is 33.2. The minimum atomic E-state index is -3.63. The fraction of sp³-hybridized carbons (Fsp3) is 0.586. The van der Waals surface area contributed by atoms with E-state index in [0.29, 0.717) is 11.1 Å². The number of hydrogen-bond donors (Lipinski definition) is 1. The number of nitrogens with zero attached hydrogens (tertiary/aromatic N) is 3. The molecule has 10 nitrogen and oxygen atoms in total. The van der Waals surface area contributed by atoms with E-state index in [1.165, 1.54) is 11.8 Å². The Kier molecular flexibility index (Phi) is 9.28. The van der Waals surface area contributed by atoms with E-state index in [1.54, 1.807) is 52.0 Å². The largest absolute Gasteiger partial charge is 0.465 e. The molecular formula is C29H42F2N4O6Si. The van der Waals surface area contributed by atoms with Gasteiger partial charge in [0.05, 0.1) is 31.8 Å². The van der Waals surface area contributed by atoms with Gasteiger partial charge in [-0.1, -0.05) is 32.9 Å². The van der Waals surface area contributed by atoms with E-state index in [0.717, 1.165) is 4.90 Å². The van der Waals surface area contributed by atoms with Gasteiger partial charge in [-0.3, -0.25) is 9.69 Å². The highest BCUT2D eigenvalue weighted by molar-refractivity contribution is 6.74. The van der Waals surface area contributed by atoms with Crippen molar-refractivity contribution in [2.75, 3.05) is 25.2 Å². The molecule has 0 radical (unpaired) electrons. The Morgan fingerprint density at radius 1 is 1.05 bits per heavy atom. The van der Waals surface area contributed by atoms with Crippen LogP contribution in [-0.4, -0.2) is 61.9 Å². The Bertz CT molecular complexity index is 1330. The second-order valence-electron chi connectivity index (χ2n) is 13.0. The summed E-state index contributed by atoms with van der Waals surface area (Å²) >= 11 is 0. The zero-order chi connectivity index (χ0) is 31.8. The maximum absolute atomic E-state index is 15.9.